The van der Waals surface area contributed by atoms with Gasteiger partial charge in [0.2, 0.25) is 0 Å². The summed E-state index contributed by atoms with van der Waals surface area (Å²) >= 11 is 5.89. The largest absolute Gasteiger partial charge is 0.352 e. The van der Waals surface area contributed by atoms with E-state index in [0.717, 1.165) is 0 Å². The molecule has 98 valence electrons. The molecule has 1 aliphatic rings. The standard InChI is InChI=1S/C14H19ClN2O/c1-13(2)10(14(13,3)4)8-17-12(18)9-6-5-7-16-11(9)15/h5-7,10H,8H2,1-4H3,(H,17,18). The third kappa shape index (κ3) is 2.01. The summed E-state index contributed by atoms with van der Waals surface area (Å²) < 4.78 is 0. The second-order valence-corrected chi connectivity index (χ2v) is 6.41. The number of hydrogen-bond donors (Lipinski definition) is 1. The molecule has 0 atom stereocenters. The van der Waals surface area contributed by atoms with Crippen molar-refractivity contribution in [2.45, 2.75) is 27.7 Å². The lowest BCUT2D eigenvalue weighted by atomic mass is 10.0. The summed E-state index contributed by atoms with van der Waals surface area (Å²) in [5.74, 6) is 0.357. The molecule has 1 amide bonds. The average molecular weight is 267 g/mol. The zero-order chi connectivity index (χ0) is 13.6. The molecule has 1 saturated carbocycles. The van der Waals surface area contributed by atoms with Gasteiger partial charge in [-0.25, -0.2) is 4.98 Å². The first-order valence-electron chi connectivity index (χ1n) is 6.17. The van der Waals surface area contributed by atoms with Gasteiger partial charge < -0.3 is 5.32 Å². The third-order valence-electron chi connectivity index (χ3n) is 4.79. The minimum Gasteiger partial charge on any atom is -0.352 e. The number of carbonyl (C=O) groups is 1. The van der Waals surface area contributed by atoms with Gasteiger partial charge in [0.05, 0.1) is 5.56 Å². The van der Waals surface area contributed by atoms with E-state index < -0.39 is 0 Å². The van der Waals surface area contributed by atoms with Gasteiger partial charge in [0.1, 0.15) is 5.15 Å². The lowest BCUT2D eigenvalue weighted by molar-refractivity contribution is 0.0949. The number of rotatable bonds is 3. The topological polar surface area (TPSA) is 42.0 Å². The molecule has 3 nitrogen and oxygen atoms in total. The fourth-order valence-electron chi connectivity index (χ4n) is 2.69. The van der Waals surface area contributed by atoms with Crippen LogP contribution in [0.1, 0.15) is 38.1 Å². The smallest absolute Gasteiger partial charge is 0.254 e. The van der Waals surface area contributed by atoms with Gasteiger partial charge in [0, 0.05) is 12.7 Å². The van der Waals surface area contributed by atoms with Crippen LogP contribution in [0.2, 0.25) is 5.15 Å². The molecule has 1 aromatic rings. The first-order chi connectivity index (χ1) is 8.28. The van der Waals surface area contributed by atoms with Crippen LogP contribution < -0.4 is 5.32 Å². The highest BCUT2D eigenvalue weighted by molar-refractivity contribution is 6.32. The maximum atomic E-state index is 12.0. The third-order valence-corrected chi connectivity index (χ3v) is 5.09. The van der Waals surface area contributed by atoms with Gasteiger partial charge in [0.15, 0.2) is 0 Å². The van der Waals surface area contributed by atoms with Crippen molar-refractivity contribution in [2.75, 3.05) is 6.54 Å². The quantitative estimate of drug-likeness (QED) is 0.854. The summed E-state index contributed by atoms with van der Waals surface area (Å²) in [6.45, 7) is 9.63. The Morgan fingerprint density at radius 1 is 1.39 bits per heavy atom. The average Bonchev–Trinajstić information content (AvgIpc) is 2.67. The Balaban J connectivity index is 1.97. The van der Waals surface area contributed by atoms with Crippen molar-refractivity contribution < 1.29 is 4.79 Å². The van der Waals surface area contributed by atoms with E-state index in [-0.39, 0.29) is 21.9 Å². The van der Waals surface area contributed by atoms with Crippen LogP contribution in [0.4, 0.5) is 0 Å². The van der Waals surface area contributed by atoms with Crippen LogP contribution in [0.3, 0.4) is 0 Å². The summed E-state index contributed by atoms with van der Waals surface area (Å²) in [6.07, 6.45) is 1.58. The van der Waals surface area contributed by atoms with Crippen LogP contribution in [-0.4, -0.2) is 17.4 Å². The molecular formula is C14H19ClN2O. The van der Waals surface area contributed by atoms with E-state index in [0.29, 0.717) is 18.0 Å². The van der Waals surface area contributed by atoms with E-state index in [9.17, 15) is 4.79 Å². The van der Waals surface area contributed by atoms with Gasteiger partial charge in [-0.1, -0.05) is 39.3 Å². The lowest BCUT2D eigenvalue weighted by Crippen LogP contribution is -2.27. The van der Waals surface area contributed by atoms with E-state index in [4.69, 9.17) is 11.6 Å². The molecule has 1 aliphatic carbocycles. The maximum absolute atomic E-state index is 12.0. The van der Waals surface area contributed by atoms with E-state index >= 15 is 0 Å². The number of nitrogens with zero attached hydrogens (tertiary/aromatic N) is 1. The molecule has 1 fully saturated rings. The zero-order valence-electron chi connectivity index (χ0n) is 11.2. The van der Waals surface area contributed by atoms with Crippen molar-refractivity contribution in [2.24, 2.45) is 16.7 Å². The Labute approximate surface area is 113 Å². The van der Waals surface area contributed by atoms with Crippen molar-refractivity contribution in [3.8, 4) is 0 Å². The molecule has 0 aromatic carbocycles. The Kier molecular flexibility index (Phi) is 3.14. The monoisotopic (exact) mass is 266 g/mol. The predicted molar refractivity (Wildman–Crippen MR) is 72.6 cm³/mol. The molecule has 4 heteroatoms. The van der Waals surface area contributed by atoms with E-state index in [1.54, 1.807) is 18.3 Å². The Bertz CT molecular complexity index is 468. The number of nitrogens with one attached hydrogen (secondary N) is 1. The molecule has 1 N–H and O–H groups in total. The van der Waals surface area contributed by atoms with Crippen LogP contribution in [0.25, 0.3) is 0 Å². The van der Waals surface area contributed by atoms with E-state index in [1.807, 2.05) is 0 Å². The van der Waals surface area contributed by atoms with Crippen molar-refractivity contribution in [3.05, 3.63) is 29.0 Å². The summed E-state index contributed by atoms with van der Waals surface area (Å²) in [5, 5.41) is 3.20. The van der Waals surface area contributed by atoms with Gasteiger partial charge in [-0.3, -0.25) is 4.79 Å². The van der Waals surface area contributed by atoms with Crippen LogP contribution >= 0.6 is 11.6 Å². The molecule has 0 saturated heterocycles. The SMILES string of the molecule is CC1(C)C(CNC(=O)c2cccnc2Cl)C1(C)C. The van der Waals surface area contributed by atoms with Gasteiger partial charge in [-0.2, -0.15) is 0 Å². The normalized spacial score (nSPS) is 20.5. The zero-order valence-corrected chi connectivity index (χ0v) is 12.0. The fourth-order valence-corrected chi connectivity index (χ4v) is 2.89. The van der Waals surface area contributed by atoms with E-state index in [1.165, 1.54) is 0 Å². The number of amides is 1. The maximum Gasteiger partial charge on any atom is 0.254 e. The minimum atomic E-state index is -0.147. The van der Waals surface area contributed by atoms with Gasteiger partial charge in [-0.05, 0) is 28.9 Å². The minimum absolute atomic E-state index is 0.147. The van der Waals surface area contributed by atoms with Gasteiger partial charge in [-0.15, -0.1) is 0 Å². The van der Waals surface area contributed by atoms with Crippen LogP contribution in [0.15, 0.2) is 18.3 Å². The van der Waals surface area contributed by atoms with Crippen molar-refractivity contribution in [1.29, 1.82) is 0 Å². The number of aromatic nitrogens is 1. The Hall–Kier alpha value is -1.09. The summed E-state index contributed by atoms with van der Waals surface area (Å²) in [5.41, 5.74) is 0.994. The first-order valence-corrected chi connectivity index (χ1v) is 6.55. The number of hydrogen-bond acceptors (Lipinski definition) is 2. The van der Waals surface area contributed by atoms with Crippen LogP contribution in [-0.2, 0) is 0 Å². The second kappa shape index (κ2) is 4.23. The number of pyridine rings is 1. The summed E-state index contributed by atoms with van der Waals surface area (Å²) in [6, 6.07) is 3.40. The predicted octanol–water partition coefficient (Wildman–Crippen LogP) is 3.15. The highest BCUT2D eigenvalue weighted by Gasteiger charge is 2.64. The summed E-state index contributed by atoms with van der Waals surface area (Å²) in [7, 11) is 0. The van der Waals surface area contributed by atoms with Crippen molar-refractivity contribution >= 4 is 17.5 Å². The molecule has 1 aromatic heterocycles. The lowest BCUT2D eigenvalue weighted by Gasteiger charge is -2.07. The molecule has 0 aliphatic heterocycles. The molecule has 2 rings (SSSR count). The van der Waals surface area contributed by atoms with Crippen LogP contribution in [0.5, 0.6) is 0 Å². The van der Waals surface area contributed by atoms with Gasteiger partial charge >= 0.3 is 0 Å². The molecule has 18 heavy (non-hydrogen) atoms. The molecule has 0 radical (unpaired) electrons. The Morgan fingerprint density at radius 2 is 2.00 bits per heavy atom. The van der Waals surface area contributed by atoms with E-state index in [2.05, 4.69) is 38.0 Å². The molecule has 0 bridgehead atoms. The Morgan fingerprint density at radius 3 is 2.50 bits per heavy atom. The summed E-state index contributed by atoms with van der Waals surface area (Å²) in [4.78, 5) is 15.9. The molecule has 1 heterocycles. The molecule has 0 spiro atoms. The highest BCUT2D eigenvalue weighted by Crippen LogP contribution is 2.67. The molecule has 0 unspecified atom stereocenters. The number of carbonyl (C=O) groups excluding carboxylic acids is 1. The fraction of sp³-hybridized carbons (Fsp3) is 0.571. The highest BCUT2D eigenvalue weighted by atomic mass is 35.5. The van der Waals surface area contributed by atoms with Crippen molar-refractivity contribution in [1.82, 2.24) is 10.3 Å². The van der Waals surface area contributed by atoms with Gasteiger partial charge in [0.25, 0.3) is 5.91 Å². The second-order valence-electron chi connectivity index (χ2n) is 6.05. The van der Waals surface area contributed by atoms with Crippen LogP contribution in [0, 0.1) is 16.7 Å². The number of halogens is 1. The molecular weight excluding hydrogens is 248 g/mol. The van der Waals surface area contributed by atoms with Crippen molar-refractivity contribution in [3.63, 3.8) is 0 Å². The first kappa shape index (κ1) is 13.3.